The lowest BCUT2D eigenvalue weighted by atomic mass is 10.1. The van der Waals surface area contributed by atoms with Gasteiger partial charge in [-0.15, -0.1) is 0 Å². The van der Waals surface area contributed by atoms with E-state index < -0.39 is 0 Å². The molecule has 0 aliphatic heterocycles. The van der Waals surface area contributed by atoms with Crippen LogP contribution in [0.4, 0.5) is 5.69 Å². The van der Waals surface area contributed by atoms with Crippen LogP contribution >= 0.6 is 11.6 Å². The minimum absolute atomic E-state index is 0.380. The lowest BCUT2D eigenvalue weighted by Gasteiger charge is -2.07. The molecule has 0 radical (unpaired) electrons. The molecule has 0 aromatic heterocycles. The van der Waals surface area contributed by atoms with Crippen molar-refractivity contribution in [1.29, 1.82) is 0 Å². The van der Waals surface area contributed by atoms with E-state index in [1.54, 1.807) is 7.11 Å². The number of rotatable bonds is 5. The first-order valence-corrected chi connectivity index (χ1v) is 7.00. The van der Waals surface area contributed by atoms with Gasteiger partial charge in [-0.2, -0.15) is 0 Å². The maximum Gasteiger partial charge on any atom is 0.193 e. The summed E-state index contributed by atoms with van der Waals surface area (Å²) in [4.78, 5) is 4.30. The van der Waals surface area contributed by atoms with Gasteiger partial charge in [0, 0.05) is 23.3 Å². The number of guanidine groups is 1. The summed E-state index contributed by atoms with van der Waals surface area (Å²) in [6, 6.07) is 15.3. The summed E-state index contributed by atoms with van der Waals surface area (Å²) in [5.41, 5.74) is 7.85. The lowest BCUT2D eigenvalue weighted by Crippen LogP contribution is -2.23. The monoisotopic (exact) mass is 303 g/mol. The number of nitrogens with zero attached hydrogens (tertiary/aromatic N) is 1. The normalized spacial score (nSPS) is 11.2. The molecule has 0 spiro atoms. The minimum atomic E-state index is 0.380. The Labute approximate surface area is 129 Å². The number of ether oxygens (including phenoxy) is 1. The molecule has 0 heterocycles. The van der Waals surface area contributed by atoms with Gasteiger partial charge in [-0.1, -0.05) is 29.8 Å². The highest BCUT2D eigenvalue weighted by molar-refractivity contribution is 6.30. The van der Waals surface area contributed by atoms with E-state index in [1.165, 1.54) is 0 Å². The number of anilines is 1. The SMILES string of the molecule is COc1cccc(NC(N)=NCCc2cccc(Cl)c2)c1. The summed E-state index contributed by atoms with van der Waals surface area (Å²) in [5.74, 6) is 1.15. The molecule has 0 bridgehead atoms. The Morgan fingerprint density at radius 3 is 2.81 bits per heavy atom. The number of benzene rings is 2. The zero-order valence-corrected chi connectivity index (χ0v) is 12.6. The average Bonchev–Trinajstić information content (AvgIpc) is 2.47. The van der Waals surface area contributed by atoms with Gasteiger partial charge in [-0.25, -0.2) is 0 Å². The standard InChI is InChI=1S/C16H18ClN3O/c1-21-15-7-3-6-14(11-15)20-16(18)19-9-8-12-4-2-5-13(17)10-12/h2-7,10-11H,8-9H2,1H3,(H3,18,19,20). The number of nitrogens with one attached hydrogen (secondary N) is 1. The Morgan fingerprint density at radius 1 is 1.24 bits per heavy atom. The zero-order valence-electron chi connectivity index (χ0n) is 11.8. The first kappa shape index (κ1) is 15.2. The van der Waals surface area contributed by atoms with Crippen LogP contribution in [0, 0.1) is 0 Å². The van der Waals surface area contributed by atoms with Gasteiger partial charge in [0.2, 0.25) is 0 Å². The van der Waals surface area contributed by atoms with Crippen LogP contribution in [0.5, 0.6) is 5.75 Å². The highest BCUT2D eigenvalue weighted by Crippen LogP contribution is 2.16. The highest BCUT2D eigenvalue weighted by Gasteiger charge is 1.98. The zero-order chi connectivity index (χ0) is 15.1. The van der Waals surface area contributed by atoms with Gasteiger partial charge in [0.15, 0.2) is 5.96 Å². The van der Waals surface area contributed by atoms with Crippen molar-refractivity contribution in [3.05, 3.63) is 59.1 Å². The Hall–Kier alpha value is -2.20. The molecule has 2 rings (SSSR count). The fourth-order valence-electron chi connectivity index (χ4n) is 1.89. The van der Waals surface area contributed by atoms with Gasteiger partial charge in [0.05, 0.1) is 7.11 Å². The molecule has 0 aliphatic carbocycles. The van der Waals surface area contributed by atoms with Crippen LogP contribution in [0.1, 0.15) is 5.56 Å². The Balaban J connectivity index is 1.89. The smallest absolute Gasteiger partial charge is 0.193 e. The third-order valence-corrected chi connectivity index (χ3v) is 3.15. The lowest BCUT2D eigenvalue weighted by molar-refractivity contribution is 0.415. The van der Waals surface area contributed by atoms with Gasteiger partial charge in [0.25, 0.3) is 0 Å². The molecule has 2 aromatic rings. The molecule has 4 nitrogen and oxygen atoms in total. The molecular weight excluding hydrogens is 286 g/mol. The average molecular weight is 304 g/mol. The first-order valence-electron chi connectivity index (χ1n) is 6.63. The van der Waals surface area contributed by atoms with Crippen molar-refractivity contribution in [1.82, 2.24) is 0 Å². The molecule has 0 aliphatic rings. The topological polar surface area (TPSA) is 59.6 Å². The maximum absolute atomic E-state index is 5.94. The summed E-state index contributed by atoms with van der Waals surface area (Å²) in [6.07, 6.45) is 0.793. The molecule has 2 aromatic carbocycles. The Kier molecular flexibility index (Phi) is 5.46. The van der Waals surface area contributed by atoms with Crippen LogP contribution in [-0.2, 0) is 6.42 Å². The molecule has 0 saturated carbocycles. The molecule has 110 valence electrons. The fourth-order valence-corrected chi connectivity index (χ4v) is 2.10. The Bertz CT molecular complexity index is 628. The van der Waals surface area contributed by atoms with Crippen LogP contribution < -0.4 is 15.8 Å². The van der Waals surface area contributed by atoms with Crippen molar-refractivity contribution in [2.45, 2.75) is 6.42 Å². The number of hydrogen-bond acceptors (Lipinski definition) is 2. The van der Waals surface area contributed by atoms with Crippen molar-refractivity contribution >= 4 is 23.2 Å². The van der Waals surface area contributed by atoms with E-state index in [-0.39, 0.29) is 0 Å². The van der Waals surface area contributed by atoms with Crippen LogP contribution in [0.3, 0.4) is 0 Å². The number of hydrogen-bond donors (Lipinski definition) is 2. The predicted octanol–water partition coefficient (Wildman–Crippen LogP) is 3.32. The summed E-state index contributed by atoms with van der Waals surface area (Å²) in [6.45, 7) is 0.600. The molecular formula is C16H18ClN3O. The summed E-state index contributed by atoms with van der Waals surface area (Å²) < 4.78 is 5.15. The van der Waals surface area contributed by atoms with Crippen molar-refractivity contribution in [2.24, 2.45) is 10.7 Å². The van der Waals surface area contributed by atoms with E-state index in [0.29, 0.717) is 12.5 Å². The second-order valence-corrected chi connectivity index (χ2v) is 4.94. The molecule has 0 atom stereocenters. The van der Waals surface area contributed by atoms with Gasteiger partial charge in [-0.05, 0) is 36.2 Å². The van der Waals surface area contributed by atoms with Crippen LogP contribution in [0.25, 0.3) is 0 Å². The number of halogens is 1. The van der Waals surface area contributed by atoms with Gasteiger partial charge in [0.1, 0.15) is 5.75 Å². The van der Waals surface area contributed by atoms with Crippen molar-refractivity contribution < 1.29 is 4.74 Å². The molecule has 5 heteroatoms. The largest absolute Gasteiger partial charge is 0.497 e. The van der Waals surface area contributed by atoms with Crippen molar-refractivity contribution in [2.75, 3.05) is 19.0 Å². The fraction of sp³-hybridized carbons (Fsp3) is 0.188. The van der Waals surface area contributed by atoms with E-state index in [1.807, 2.05) is 48.5 Å². The van der Waals surface area contributed by atoms with Gasteiger partial charge < -0.3 is 15.8 Å². The number of nitrogens with two attached hydrogens (primary N) is 1. The Morgan fingerprint density at radius 2 is 2.05 bits per heavy atom. The maximum atomic E-state index is 5.94. The van der Waals surface area contributed by atoms with E-state index in [2.05, 4.69) is 10.3 Å². The molecule has 0 saturated heterocycles. The number of methoxy groups -OCH3 is 1. The van der Waals surface area contributed by atoms with Crippen LogP contribution in [0.15, 0.2) is 53.5 Å². The van der Waals surface area contributed by atoms with E-state index >= 15 is 0 Å². The van der Waals surface area contributed by atoms with E-state index in [0.717, 1.165) is 28.4 Å². The first-order chi connectivity index (χ1) is 10.2. The third-order valence-electron chi connectivity index (χ3n) is 2.91. The third kappa shape index (κ3) is 5.00. The van der Waals surface area contributed by atoms with Gasteiger partial charge >= 0.3 is 0 Å². The van der Waals surface area contributed by atoms with Gasteiger partial charge in [-0.3, -0.25) is 4.99 Å². The molecule has 0 unspecified atom stereocenters. The predicted molar refractivity (Wildman–Crippen MR) is 88.3 cm³/mol. The van der Waals surface area contributed by atoms with Crippen LogP contribution in [0.2, 0.25) is 5.02 Å². The number of aliphatic imine (C=N–C) groups is 1. The van der Waals surface area contributed by atoms with E-state index in [4.69, 9.17) is 22.1 Å². The highest BCUT2D eigenvalue weighted by atomic mass is 35.5. The second-order valence-electron chi connectivity index (χ2n) is 4.50. The van der Waals surface area contributed by atoms with Crippen molar-refractivity contribution in [3.8, 4) is 5.75 Å². The quantitative estimate of drug-likeness (QED) is 0.658. The van der Waals surface area contributed by atoms with Crippen molar-refractivity contribution in [3.63, 3.8) is 0 Å². The van der Waals surface area contributed by atoms with Crippen LogP contribution in [-0.4, -0.2) is 19.6 Å². The van der Waals surface area contributed by atoms with E-state index in [9.17, 15) is 0 Å². The summed E-state index contributed by atoms with van der Waals surface area (Å²) in [7, 11) is 1.63. The summed E-state index contributed by atoms with van der Waals surface area (Å²) in [5, 5.41) is 3.77. The molecule has 3 N–H and O–H groups in total. The molecule has 0 fully saturated rings. The molecule has 0 amide bonds. The minimum Gasteiger partial charge on any atom is -0.497 e. The summed E-state index contributed by atoms with van der Waals surface area (Å²) >= 11 is 5.94. The second kappa shape index (κ2) is 7.55. The molecule has 21 heavy (non-hydrogen) atoms.